The van der Waals surface area contributed by atoms with Crippen LogP contribution in [0.1, 0.15) is 38.2 Å². The molecule has 2 fully saturated rings. The molecule has 5 heteroatoms. The summed E-state index contributed by atoms with van der Waals surface area (Å²) < 4.78 is 6.54. The van der Waals surface area contributed by atoms with Crippen molar-refractivity contribution < 1.29 is 9.53 Å². The van der Waals surface area contributed by atoms with E-state index in [2.05, 4.69) is 40.0 Å². The molecule has 1 aromatic rings. The van der Waals surface area contributed by atoms with Crippen molar-refractivity contribution in [2.75, 3.05) is 6.61 Å². The maximum atomic E-state index is 12.4. The minimum Gasteiger partial charge on any atom is -0.489 e. The van der Waals surface area contributed by atoms with Gasteiger partial charge in [-0.15, -0.1) is 0 Å². The van der Waals surface area contributed by atoms with Gasteiger partial charge in [-0.05, 0) is 42.4 Å². The summed E-state index contributed by atoms with van der Waals surface area (Å²) in [5.41, 5.74) is 3.73. The van der Waals surface area contributed by atoms with Gasteiger partial charge in [0, 0.05) is 16.0 Å². The fraction of sp³-hybridized carbons (Fsp3) is 0.474. The fourth-order valence-corrected chi connectivity index (χ4v) is 4.36. The van der Waals surface area contributed by atoms with Crippen LogP contribution < -0.4 is 10.2 Å². The Morgan fingerprint density at radius 1 is 1.54 bits per heavy atom. The van der Waals surface area contributed by atoms with Gasteiger partial charge in [-0.25, -0.2) is 5.43 Å². The SMILES string of the molecule is C=CCOc1ccc(Br)cc1/C=N\NC(=O)[C@@H]1[C@@H]2CCCC[C@]12C. The molecule has 0 aliphatic heterocycles. The summed E-state index contributed by atoms with van der Waals surface area (Å²) in [6, 6.07) is 5.68. The van der Waals surface area contributed by atoms with E-state index in [-0.39, 0.29) is 17.2 Å². The van der Waals surface area contributed by atoms with E-state index in [1.165, 1.54) is 19.3 Å². The van der Waals surface area contributed by atoms with Gasteiger partial charge < -0.3 is 4.74 Å². The quantitative estimate of drug-likeness (QED) is 0.447. The summed E-state index contributed by atoms with van der Waals surface area (Å²) in [5.74, 6) is 1.42. The van der Waals surface area contributed by atoms with E-state index in [1.807, 2.05) is 18.2 Å². The number of benzene rings is 1. The largest absolute Gasteiger partial charge is 0.489 e. The van der Waals surface area contributed by atoms with Gasteiger partial charge in [-0.2, -0.15) is 5.10 Å². The van der Waals surface area contributed by atoms with Crippen molar-refractivity contribution in [3.05, 3.63) is 40.9 Å². The molecule has 1 amide bonds. The molecule has 0 spiro atoms. The molecule has 0 saturated heterocycles. The predicted molar refractivity (Wildman–Crippen MR) is 99.1 cm³/mol. The molecule has 2 aliphatic rings. The van der Waals surface area contributed by atoms with E-state index in [4.69, 9.17) is 4.74 Å². The minimum absolute atomic E-state index is 0.0456. The normalized spacial score (nSPS) is 28.2. The average Bonchev–Trinajstić information content (AvgIpc) is 3.19. The number of nitrogens with one attached hydrogen (secondary N) is 1. The standard InChI is InChI=1S/C19H23BrN2O2/c1-3-10-24-16-8-7-14(20)11-13(16)12-21-22-18(23)17-15-6-4-5-9-19(15,17)2/h3,7-8,11-12,15,17H,1,4-6,9-10H2,2H3,(H,22,23)/b21-12-/t15-,17-,19-/m0/s1. The number of halogens is 1. The highest BCUT2D eigenvalue weighted by atomic mass is 79.9. The van der Waals surface area contributed by atoms with E-state index in [9.17, 15) is 4.79 Å². The maximum absolute atomic E-state index is 12.4. The molecule has 2 saturated carbocycles. The summed E-state index contributed by atoms with van der Waals surface area (Å²) in [4.78, 5) is 12.4. The molecule has 2 aliphatic carbocycles. The Morgan fingerprint density at radius 3 is 3.08 bits per heavy atom. The highest BCUT2D eigenvalue weighted by Gasteiger charge is 2.64. The van der Waals surface area contributed by atoms with Crippen molar-refractivity contribution in [1.29, 1.82) is 0 Å². The number of amides is 1. The highest BCUT2D eigenvalue weighted by Crippen LogP contribution is 2.66. The number of carbonyl (C=O) groups is 1. The van der Waals surface area contributed by atoms with Crippen molar-refractivity contribution >= 4 is 28.1 Å². The van der Waals surface area contributed by atoms with Crippen molar-refractivity contribution in [3.8, 4) is 5.75 Å². The molecule has 3 rings (SSSR count). The summed E-state index contributed by atoms with van der Waals surface area (Å²) >= 11 is 3.44. The van der Waals surface area contributed by atoms with Crippen LogP contribution in [0, 0.1) is 17.3 Å². The molecule has 0 aromatic heterocycles. The van der Waals surface area contributed by atoms with Crippen LogP contribution in [0.25, 0.3) is 0 Å². The number of nitrogens with zero attached hydrogens (tertiary/aromatic N) is 1. The number of hydrazone groups is 1. The third-order valence-corrected chi connectivity index (χ3v) is 5.81. The van der Waals surface area contributed by atoms with Crippen LogP contribution in [0.3, 0.4) is 0 Å². The second-order valence-corrected chi connectivity index (χ2v) is 7.77. The zero-order chi connectivity index (χ0) is 17.2. The number of hydrogen-bond donors (Lipinski definition) is 1. The van der Waals surface area contributed by atoms with Crippen LogP contribution in [-0.2, 0) is 4.79 Å². The Morgan fingerprint density at radius 2 is 2.38 bits per heavy atom. The first-order valence-electron chi connectivity index (χ1n) is 8.42. The second kappa shape index (κ2) is 7.09. The van der Waals surface area contributed by atoms with E-state index in [0.717, 1.165) is 16.5 Å². The predicted octanol–water partition coefficient (Wildman–Crippen LogP) is 4.29. The van der Waals surface area contributed by atoms with E-state index >= 15 is 0 Å². The van der Waals surface area contributed by atoms with Crippen LogP contribution in [0.2, 0.25) is 0 Å². The number of carbonyl (C=O) groups excluding carboxylic acids is 1. The van der Waals surface area contributed by atoms with Gasteiger partial charge in [0.25, 0.3) is 0 Å². The van der Waals surface area contributed by atoms with Gasteiger partial charge in [-0.1, -0.05) is 48.4 Å². The van der Waals surface area contributed by atoms with E-state index in [0.29, 0.717) is 18.3 Å². The molecule has 0 radical (unpaired) electrons. The highest BCUT2D eigenvalue weighted by molar-refractivity contribution is 9.10. The smallest absolute Gasteiger partial charge is 0.244 e. The lowest BCUT2D eigenvalue weighted by molar-refractivity contribution is -0.123. The second-order valence-electron chi connectivity index (χ2n) is 6.85. The molecular formula is C19H23BrN2O2. The van der Waals surface area contributed by atoms with E-state index < -0.39 is 0 Å². The van der Waals surface area contributed by atoms with Gasteiger partial charge in [0.1, 0.15) is 12.4 Å². The first kappa shape index (κ1) is 17.2. The van der Waals surface area contributed by atoms with Crippen molar-refractivity contribution in [3.63, 3.8) is 0 Å². The molecule has 0 unspecified atom stereocenters. The third-order valence-electron chi connectivity index (χ3n) is 5.32. The lowest BCUT2D eigenvalue weighted by atomic mass is 9.90. The molecular weight excluding hydrogens is 368 g/mol. The van der Waals surface area contributed by atoms with Gasteiger partial charge in [0.05, 0.1) is 6.21 Å². The molecule has 0 heterocycles. The Balaban J connectivity index is 1.63. The van der Waals surface area contributed by atoms with Crippen molar-refractivity contribution in [2.45, 2.75) is 32.6 Å². The summed E-state index contributed by atoms with van der Waals surface area (Å²) in [6.45, 7) is 6.32. The Hall–Kier alpha value is -1.62. The summed E-state index contributed by atoms with van der Waals surface area (Å²) in [6.07, 6.45) is 8.14. The van der Waals surface area contributed by atoms with Crippen LogP contribution in [-0.4, -0.2) is 18.7 Å². The molecule has 24 heavy (non-hydrogen) atoms. The summed E-state index contributed by atoms with van der Waals surface area (Å²) in [5, 5.41) is 4.15. The molecule has 1 aromatic carbocycles. The Bertz CT molecular complexity index is 673. The average molecular weight is 391 g/mol. The first-order chi connectivity index (χ1) is 11.6. The minimum atomic E-state index is 0.0456. The fourth-order valence-electron chi connectivity index (χ4n) is 3.99. The van der Waals surface area contributed by atoms with Gasteiger partial charge in [0.2, 0.25) is 5.91 Å². The number of hydrogen-bond acceptors (Lipinski definition) is 3. The lowest BCUT2D eigenvalue weighted by Gasteiger charge is -2.15. The first-order valence-corrected chi connectivity index (χ1v) is 9.22. The van der Waals surface area contributed by atoms with Gasteiger partial charge >= 0.3 is 0 Å². The number of rotatable bonds is 6. The van der Waals surface area contributed by atoms with E-state index in [1.54, 1.807) is 12.3 Å². The van der Waals surface area contributed by atoms with Crippen LogP contribution in [0.5, 0.6) is 5.75 Å². The molecule has 4 nitrogen and oxygen atoms in total. The maximum Gasteiger partial charge on any atom is 0.244 e. The number of fused-ring (bicyclic) bond motifs is 1. The Kier molecular flexibility index (Phi) is 5.09. The Labute approximate surface area is 151 Å². The molecule has 1 N–H and O–H groups in total. The van der Waals surface area contributed by atoms with Crippen molar-refractivity contribution in [1.82, 2.24) is 5.43 Å². The summed E-state index contributed by atoms with van der Waals surface area (Å²) in [7, 11) is 0. The number of ether oxygens (including phenoxy) is 1. The van der Waals surface area contributed by atoms with Gasteiger partial charge in [0.15, 0.2) is 0 Å². The third kappa shape index (κ3) is 3.41. The monoisotopic (exact) mass is 390 g/mol. The zero-order valence-corrected chi connectivity index (χ0v) is 15.5. The lowest BCUT2D eigenvalue weighted by Crippen LogP contribution is -2.22. The zero-order valence-electron chi connectivity index (χ0n) is 13.9. The van der Waals surface area contributed by atoms with Crippen molar-refractivity contribution in [2.24, 2.45) is 22.4 Å². The van der Waals surface area contributed by atoms with Crippen LogP contribution >= 0.6 is 15.9 Å². The molecule has 3 atom stereocenters. The topological polar surface area (TPSA) is 50.7 Å². The molecule has 128 valence electrons. The van der Waals surface area contributed by atoms with Gasteiger partial charge in [-0.3, -0.25) is 4.79 Å². The van der Waals surface area contributed by atoms with Crippen LogP contribution in [0.4, 0.5) is 0 Å². The molecule has 0 bridgehead atoms. The van der Waals surface area contributed by atoms with Crippen LogP contribution in [0.15, 0.2) is 40.4 Å².